The fourth-order valence-corrected chi connectivity index (χ4v) is 3.76. The molecule has 0 heterocycles. The Morgan fingerprint density at radius 1 is 1.00 bits per heavy atom. The van der Waals surface area contributed by atoms with Crippen LogP contribution in [-0.4, -0.2) is 37.1 Å². The highest BCUT2D eigenvalue weighted by molar-refractivity contribution is 4.88. The third-order valence-corrected chi connectivity index (χ3v) is 4.96. The monoisotopic (exact) mass is 296 g/mol. The van der Waals surface area contributed by atoms with E-state index < -0.39 is 0 Å². The summed E-state index contributed by atoms with van der Waals surface area (Å²) < 4.78 is 0. The lowest BCUT2D eigenvalue weighted by Crippen LogP contribution is -2.47. The molecule has 21 heavy (non-hydrogen) atoms. The molecule has 2 heteroatoms. The summed E-state index contributed by atoms with van der Waals surface area (Å²) in [6, 6.07) is 0.665. The van der Waals surface area contributed by atoms with Crippen molar-refractivity contribution in [1.82, 2.24) is 10.2 Å². The van der Waals surface area contributed by atoms with E-state index in [2.05, 4.69) is 44.8 Å². The van der Waals surface area contributed by atoms with E-state index in [9.17, 15) is 0 Å². The first-order valence-corrected chi connectivity index (χ1v) is 9.44. The molecule has 0 radical (unpaired) electrons. The number of hydrogen-bond donors (Lipinski definition) is 1. The number of rotatable bonds is 9. The molecule has 1 saturated carbocycles. The average Bonchev–Trinajstić information content (AvgIpc) is 2.64. The molecule has 0 amide bonds. The largest absolute Gasteiger partial charge is 0.316 e. The predicted octanol–water partition coefficient (Wildman–Crippen LogP) is 4.69. The summed E-state index contributed by atoms with van der Waals surface area (Å²) in [6.07, 6.45) is 9.84. The van der Waals surface area contributed by atoms with Gasteiger partial charge in [-0.25, -0.2) is 0 Å². The van der Waals surface area contributed by atoms with Crippen molar-refractivity contribution in [3.05, 3.63) is 0 Å². The summed E-state index contributed by atoms with van der Waals surface area (Å²) in [5, 5.41) is 3.74. The van der Waals surface area contributed by atoms with Crippen molar-refractivity contribution in [3.63, 3.8) is 0 Å². The maximum atomic E-state index is 3.74. The SMILES string of the molecule is CCCNCC1(CN(CC(C)C)C(C)C)CCCCCC1. The first-order valence-electron chi connectivity index (χ1n) is 9.44. The molecule has 0 aliphatic heterocycles. The van der Waals surface area contributed by atoms with Crippen molar-refractivity contribution >= 4 is 0 Å². The Morgan fingerprint density at radius 3 is 2.10 bits per heavy atom. The van der Waals surface area contributed by atoms with Gasteiger partial charge in [-0.3, -0.25) is 0 Å². The lowest BCUT2D eigenvalue weighted by molar-refractivity contribution is 0.0934. The standard InChI is InChI=1S/C19H40N2/c1-6-13-20-15-19(11-9-7-8-10-12-19)16-21(18(4)5)14-17(2)3/h17-18,20H,6-16H2,1-5H3. The summed E-state index contributed by atoms with van der Waals surface area (Å²) in [6.45, 7) is 16.6. The molecule has 0 aromatic carbocycles. The van der Waals surface area contributed by atoms with Crippen molar-refractivity contribution in [1.29, 1.82) is 0 Å². The van der Waals surface area contributed by atoms with Crippen LogP contribution < -0.4 is 5.32 Å². The van der Waals surface area contributed by atoms with E-state index in [-0.39, 0.29) is 0 Å². The molecular formula is C19H40N2. The molecule has 1 fully saturated rings. The van der Waals surface area contributed by atoms with E-state index in [1.807, 2.05) is 0 Å². The van der Waals surface area contributed by atoms with Crippen LogP contribution in [0.1, 0.15) is 79.6 Å². The molecule has 0 spiro atoms. The number of hydrogen-bond acceptors (Lipinski definition) is 2. The van der Waals surface area contributed by atoms with Gasteiger partial charge in [0.2, 0.25) is 0 Å². The second-order valence-electron chi connectivity index (χ2n) is 8.01. The van der Waals surface area contributed by atoms with Crippen LogP contribution in [0.15, 0.2) is 0 Å². The zero-order valence-electron chi connectivity index (χ0n) is 15.4. The normalized spacial score (nSPS) is 19.4. The minimum Gasteiger partial charge on any atom is -0.316 e. The molecule has 1 aliphatic rings. The van der Waals surface area contributed by atoms with Gasteiger partial charge >= 0.3 is 0 Å². The van der Waals surface area contributed by atoms with Gasteiger partial charge in [0.25, 0.3) is 0 Å². The molecule has 0 atom stereocenters. The Bertz CT molecular complexity index is 252. The first kappa shape index (κ1) is 19.0. The summed E-state index contributed by atoms with van der Waals surface area (Å²) in [4.78, 5) is 2.74. The Balaban J connectivity index is 2.72. The minimum atomic E-state index is 0.519. The van der Waals surface area contributed by atoms with Crippen molar-refractivity contribution in [3.8, 4) is 0 Å². The third-order valence-electron chi connectivity index (χ3n) is 4.96. The van der Waals surface area contributed by atoms with E-state index in [0.29, 0.717) is 11.5 Å². The van der Waals surface area contributed by atoms with Crippen molar-refractivity contribution in [2.75, 3.05) is 26.2 Å². The highest BCUT2D eigenvalue weighted by Gasteiger charge is 2.33. The molecule has 1 rings (SSSR count). The van der Waals surface area contributed by atoms with Crippen LogP contribution in [0.3, 0.4) is 0 Å². The van der Waals surface area contributed by atoms with Crippen LogP contribution in [0.4, 0.5) is 0 Å². The fraction of sp³-hybridized carbons (Fsp3) is 1.00. The van der Waals surface area contributed by atoms with E-state index in [1.165, 1.54) is 71.1 Å². The van der Waals surface area contributed by atoms with Crippen molar-refractivity contribution in [2.45, 2.75) is 85.6 Å². The van der Waals surface area contributed by atoms with E-state index in [4.69, 9.17) is 0 Å². The number of nitrogens with zero attached hydrogens (tertiary/aromatic N) is 1. The van der Waals surface area contributed by atoms with Gasteiger partial charge in [0.15, 0.2) is 0 Å². The zero-order valence-corrected chi connectivity index (χ0v) is 15.4. The summed E-state index contributed by atoms with van der Waals surface area (Å²) in [5.41, 5.74) is 0.519. The Kier molecular flexibility index (Phi) is 8.89. The van der Waals surface area contributed by atoms with Gasteiger partial charge in [-0.05, 0) is 51.0 Å². The summed E-state index contributed by atoms with van der Waals surface area (Å²) >= 11 is 0. The number of nitrogens with one attached hydrogen (secondary N) is 1. The molecule has 0 unspecified atom stereocenters. The van der Waals surface area contributed by atoms with Crippen molar-refractivity contribution in [2.24, 2.45) is 11.3 Å². The second kappa shape index (κ2) is 9.84. The quantitative estimate of drug-likeness (QED) is 0.490. The first-order chi connectivity index (χ1) is 9.99. The molecule has 0 saturated heterocycles. The van der Waals surface area contributed by atoms with Gasteiger partial charge in [-0.1, -0.05) is 46.5 Å². The van der Waals surface area contributed by atoms with Crippen LogP contribution in [0.5, 0.6) is 0 Å². The molecule has 0 aromatic rings. The zero-order chi connectivity index (χ0) is 15.7. The molecule has 1 N–H and O–H groups in total. The van der Waals surface area contributed by atoms with Crippen molar-refractivity contribution < 1.29 is 0 Å². The van der Waals surface area contributed by atoms with Crippen LogP contribution in [0.25, 0.3) is 0 Å². The molecular weight excluding hydrogens is 256 g/mol. The topological polar surface area (TPSA) is 15.3 Å². The van der Waals surface area contributed by atoms with Gasteiger partial charge in [-0.2, -0.15) is 0 Å². The van der Waals surface area contributed by atoms with Crippen LogP contribution >= 0.6 is 0 Å². The van der Waals surface area contributed by atoms with Gasteiger partial charge < -0.3 is 10.2 Å². The molecule has 1 aliphatic carbocycles. The van der Waals surface area contributed by atoms with E-state index >= 15 is 0 Å². The summed E-state index contributed by atoms with van der Waals surface area (Å²) in [5.74, 6) is 0.763. The maximum Gasteiger partial charge on any atom is 0.00530 e. The summed E-state index contributed by atoms with van der Waals surface area (Å²) in [7, 11) is 0. The van der Waals surface area contributed by atoms with Gasteiger partial charge in [-0.15, -0.1) is 0 Å². The Hall–Kier alpha value is -0.0800. The lowest BCUT2D eigenvalue weighted by Gasteiger charge is -2.41. The lowest BCUT2D eigenvalue weighted by atomic mass is 9.79. The van der Waals surface area contributed by atoms with Crippen LogP contribution in [-0.2, 0) is 0 Å². The minimum absolute atomic E-state index is 0.519. The van der Waals surface area contributed by atoms with Crippen LogP contribution in [0.2, 0.25) is 0 Å². The van der Waals surface area contributed by atoms with Gasteiger partial charge in [0.05, 0.1) is 0 Å². The highest BCUT2D eigenvalue weighted by Crippen LogP contribution is 2.36. The Morgan fingerprint density at radius 2 is 1.62 bits per heavy atom. The Labute approximate surface area is 134 Å². The highest BCUT2D eigenvalue weighted by atomic mass is 15.2. The smallest absolute Gasteiger partial charge is 0.00530 e. The average molecular weight is 297 g/mol. The van der Waals surface area contributed by atoms with Crippen LogP contribution in [0, 0.1) is 11.3 Å². The molecule has 0 bridgehead atoms. The van der Waals surface area contributed by atoms with Gasteiger partial charge in [0.1, 0.15) is 0 Å². The van der Waals surface area contributed by atoms with E-state index in [0.717, 1.165) is 5.92 Å². The van der Waals surface area contributed by atoms with E-state index in [1.54, 1.807) is 0 Å². The predicted molar refractivity (Wildman–Crippen MR) is 94.8 cm³/mol. The fourth-order valence-electron chi connectivity index (χ4n) is 3.76. The van der Waals surface area contributed by atoms with Gasteiger partial charge in [0, 0.05) is 25.7 Å². The molecule has 0 aromatic heterocycles. The third kappa shape index (κ3) is 7.15. The maximum absolute atomic E-state index is 3.74. The molecule has 126 valence electrons. The second-order valence-corrected chi connectivity index (χ2v) is 8.01. The molecule has 2 nitrogen and oxygen atoms in total.